The monoisotopic (exact) mass is 336 g/mol. The minimum Gasteiger partial charge on any atom is -0.426 e. The predicted octanol–water partition coefficient (Wildman–Crippen LogP) is 1.34. The molecule has 0 amide bonds. The van der Waals surface area contributed by atoms with E-state index >= 15 is 0 Å². The van der Waals surface area contributed by atoms with E-state index in [9.17, 15) is 10.2 Å². The second kappa shape index (κ2) is 7.37. The van der Waals surface area contributed by atoms with Crippen LogP contribution < -0.4 is 0 Å². The van der Waals surface area contributed by atoms with Gasteiger partial charge in [0.2, 0.25) is 0 Å². The molecular weight excluding hydrogens is 306 g/mol. The van der Waals surface area contributed by atoms with Crippen LogP contribution in [-0.2, 0) is 4.74 Å². The summed E-state index contributed by atoms with van der Waals surface area (Å²) in [6.07, 6.45) is 3.91. The molecule has 0 spiro atoms. The highest BCUT2D eigenvalue weighted by molar-refractivity contribution is 6.57. The summed E-state index contributed by atoms with van der Waals surface area (Å²) in [5, 5.41) is 36.7. The molecule has 3 aliphatic carbocycles. The molecule has 2 bridgehead atoms. The topological polar surface area (TPSA) is 90.2 Å². The third-order valence-corrected chi connectivity index (χ3v) is 6.09. The fraction of sp³-hybridized carbons (Fsp3) is 1.00. The molecule has 4 atom stereocenters. The van der Waals surface area contributed by atoms with E-state index in [4.69, 9.17) is 26.4 Å². The first kappa shape index (κ1) is 20.2. The van der Waals surface area contributed by atoms with Gasteiger partial charge < -0.3 is 25.0 Å². The van der Waals surface area contributed by atoms with Gasteiger partial charge in [-0.25, -0.2) is 0 Å². The Balaban J connectivity index is 0.000000225. The van der Waals surface area contributed by atoms with Gasteiger partial charge in [0, 0.05) is 13.7 Å². The SMILES string of the molecule is CC1(O)CCC2CC1(O)C2(C)C.COCCC[C@@H](Cl)B(O)O. The van der Waals surface area contributed by atoms with Gasteiger partial charge in [0.25, 0.3) is 0 Å². The summed E-state index contributed by atoms with van der Waals surface area (Å²) < 4.78 is 4.75. The fourth-order valence-corrected chi connectivity index (χ4v) is 3.85. The number of halogens is 1. The van der Waals surface area contributed by atoms with Crippen molar-refractivity contribution < 1.29 is 25.0 Å². The summed E-state index contributed by atoms with van der Waals surface area (Å²) in [4.78, 5) is 0. The summed E-state index contributed by atoms with van der Waals surface area (Å²) in [6, 6.07) is 0. The van der Waals surface area contributed by atoms with Crippen LogP contribution in [0.2, 0.25) is 0 Å². The molecule has 5 nitrogen and oxygen atoms in total. The molecule has 0 aliphatic heterocycles. The molecule has 7 heteroatoms. The van der Waals surface area contributed by atoms with E-state index in [1.165, 1.54) is 0 Å². The predicted molar refractivity (Wildman–Crippen MR) is 87.6 cm³/mol. The van der Waals surface area contributed by atoms with Crippen molar-refractivity contribution in [2.45, 2.75) is 69.4 Å². The quantitative estimate of drug-likeness (QED) is 0.345. The molecule has 3 rings (SSSR count). The van der Waals surface area contributed by atoms with Crippen molar-refractivity contribution in [1.82, 2.24) is 0 Å². The highest BCUT2D eigenvalue weighted by Crippen LogP contribution is 2.65. The molecule has 22 heavy (non-hydrogen) atoms. The van der Waals surface area contributed by atoms with Gasteiger partial charge in [0.1, 0.15) is 0 Å². The third kappa shape index (κ3) is 3.79. The van der Waals surface area contributed by atoms with Crippen LogP contribution in [0.4, 0.5) is 0 Å². The lowest BCUT2D eigenvalue weighted by Crippen LogP contribution is -2.74. The molecule has 3 saturated carbocycles. The molecular formula is C15H30BClO5. The van der Waals surface area contributed by atoms with E-state index in [0.717, 1.165) is 25.7 Å². The van der Waals surface area contributed by atoms with Gasteiger partial charge in [-0.2, -0.15) is 0 Å². The molecule has 3 unspecified atom stereocenters. The molecule has 0 heterocycles. The summed E-state index contributed by atoms with van der Waals surface area (Å²) in [6.45, 7) is 6.50. The third-order valence-electron chi connectivity index (χ3n) is 5.65. The Bertz CT molecular complexity index is 354. The van der Waals surface area contributed by atoms with Crippen molar-refractivity contribution >= 4 is 18.7 Å². The average molecular weight is 337 g/mol. The Labute approximate surface area is 138 Å². The highest BCUT2D eigenvalue weighted by atomic mass is 35.5. The average Bonchev–Trinajstić information content (AvgIpc) is 2.42. The number of hydrogen-bond acceptors (Lipinski definition) is 5. The molecule has 0 radical (unpaired) electrons. The number of rotatable bonds is 5. The number of methoxy groups -OCH3 is 1. The smallest absolute Gasteiger partial charge is 0.426 e. The summed E-state index contributed by atoms with van der Waals surface area (Å²) >= 11 is 5.50. The van der Waals surface area contributed by atoms with Crippen molar-refractivity contribution in [3.05, 3.63) is 0 Å². The molecule has 0 aromatic rings. The van der Waals surface area contributed by atoms with E-state index in [1.54, 1.807) is 14.0 Å². The molecule has 0 aromatic carbocycles. The second-order valence-electron chi connectivity index (χ2n) is 7.36. The Morgan fingerprint density at radius 2 is 1.86 bits per heavy atom. The maximum Gasteiger partial charge on any atom is 0.470 e. The van der Waals surface area contributed by atoms with Gasteiger partial charge in [0.15, 0.2) is 0 Å². The van der Waals surface area contributed by atoms with Crippen LogP contribution in [0.25, 0.3) is 0 Å². The van der Waals surface area contributed by atoms with Crippen molar-refractivity contribution in [2.24, 2.45) is 11.3 Å². The minimum atomic E-state index is -1.42. The number of hydrogen-bond donors (Lipinski definition) is 4. The standard InChI is InChI=1S/C10H18O2.C5H12BClO3/c1-8(2)7-4-5-9(3,11)10(8,12)6-7;1-10-4-2-3-5(7)6(8)9/h7,11-12H,4-6H2,1-3H3;5,8-9H,2-4H2,1H3/t;5-/m.1/s1. The minimum absolute atomic E-state index is 0.0885. The normalized spacial score (nSPS) is 36.7. The van der Waals surface area contributed by atoms with Gasteiger partial charge >= 0.3 is 7.12 Å². The molecule has 0 aromatic heterocycles. The van der Waals surface area contributed by atoms with Gasteiger partial charge in [-0.1, -0.05) is 13.8 Å². The number of fused-ring (bicyclic) bond motifs is 2. The van der Waals surface area contributed by atoms with Crippen molar-refractivity contribution in [1.29, 1.82) is 0 Å². The molecule has 130 valence electrons. The lowest BCUT2D eigenvalue weighted by atomic mass is 9.41. The van der Waals surface area contributed by atoms with E-state index in [2.05, 4.69) is 13.8 Å². The van der Waals surface area contributed by atoms with E-state index in [0.29, 0.717) is 18.9 Å². The molecule has 0 saturated heterocycles. The zero-order valence-corrected chi connectivity index (χ0v) is 14.8. The van der Waals surface area contributed by atoms with Crippen LogP contribution in [0, 0.1) is 11.3 Å². The highest BCUT2D eigenvalue weighted by Gasteiger charge is 2.69. The van der Waals surface area contributed by atoms with Crippen LogP contribution in [0.15, 0.2) is 0 Å². The second-order valence-corrected chi connectivity index (χ2v) is 7.92. The molecule has 3 aliphatic rings. The first-order chi connectivity index (χ1) is 9.99. The van der Waals surface area contributed by atoms with Crippen LogP contribution in [0.3, 0.4) is 0 Å². The summed E-state index contributed by atoms with van der Waals surface area (Å²) in [7, 11) is 0.178. The summed E-state index contributed by atoms with van der Waals surface area (Å²) in [5.74, 6) is 0.614. The zero-order valence-electron chi connectivity index (χ0n) is 14.0. The van der Waals surface area contributed by atoms with E-state index in [1.807, 2.05) is 0 Å². The van der Waals surface area contributed by atoms with Gasteiger partial charge in [-0.15, -0.1) is 11.6 Å². The lowest BCUT2D eigenvalue weighted by Gasteiger charge is -2.68. The molecule has 4 N–H and O–H groups in total. The Hall–Kier alpha value is 0.155. The summed E-state index contributed by atoms with van der Waals surface area (Å²) in [5.41, 5.74) is -1.79. The first-order valence-corrected chi connectivity index (χ1v) is 8.37. The van der Waals surface area contributed by atoms with Crippen LogP contribution in [0.5, 0.6) is 0 Å². The van der Waals surface area contributed by atoms with Crippen molar-refractivity contribution in [2.75, 3.05) is 13.7 Å². The Morgan fingerprint density at radius 1 is 1.27 bits per heavy atom. The van der Waals surface area contributed by atoms with Gasteiger partial charge in [0.05, 0.1) is 16.5 Å². The maximum atomic E-state index is 10.2. The maximum absolute atomic E-state index is 10.2. The van der Waals surface area contributed by atoms with Crippen LogP contribution in [-0.4, -0.2) is 57.6 Å². The van der Waals surface area contributed by atoms with Crippen LogP contribution >= 0.6 is 11.6 Å². The number of alkyl halides is 1. The number of aliphatic hydroxyl groups is 2. The first-order valence-electron chi connectivity index (χ1n) is 7.93. The Morgan fingerprint density at radius 3 is 2.23 bits per heavy atom. The van der Waals surface area contributed by atoms with Crippen molar-refractivity contribution in [3.8, 4) is 0 Å². The molecule has 3 fully saturated rings. The Kier molecular flexibility index (Phi) is 6.76. The zero-order chi connectivity index (χ0) is 17.2. The van der Waals surface area contributed by atoms with Crippen molar-refractivity contribution in [3.63, 3.8) is 0 Å². The van der Waals surface area contributed by atoms with Gasteiger partial charge in [-0.05, 0) is 50.4 Å². The lowest BCUT2D eigenvalue weighted by molar-refractivity contribution is -0.312. The fourth-order valence-electron chi connectivity index (χ4n) is 3.69. The van der Waals surface area contributed by atoms with Gasteiger partial charge in [-0.3, -0.25) is 0 Å². The largest absolute Gasteiger partial charge is 0.470 e. The van der Waals surface area contributed by atoms with E-state index in [-0.39, 0.29) is 5.41 Å². The van der Waals surface area contributed by atoms with E-state index < -0.39 is 23.6 Å². The van der Waals surface area contributed by atoms with Crippen LogP contribution in [0.1, 0.15) is 52.9 Å². The number of ether oxygens (including phenoxy) is 1.